The quantitative estimate of drug-likeness (QED) is 0.0244. The molecule has 2 unspecified atom stereocenters. The summed E-state index contributed by atoms with van der Waals surface area (Å²) in [6, 6.07) is -0.639. The van der Waals surface area contributed by atoms with Crippen LogP contribution < -0.4 is 5.32 Å². The van der Waals surface area contributed by atoms with Gasteiger partial charge < -0.3 is 20.3 Å². The Hall–Kier alpha value is -2.44. The molecule has 3 N–H and O–H groups in total. The lowest BCUT2D eigenvalue weighted by atomic mass is 10.0. The van der Waals surface area contributed by atoms with Gasteiger partial charge >= 0.3 is 5.97 Å². The Balaban J connectivity index is 3.50. The lowest BCUT2D eigenvalue weighted by Crippen LogP contribution is -2.45. The number of carbonyl (C=O) groups excluding carboxylic acids is 2. The molecule has 0 aliphatic rings. The third kappa shape index (κ3) is 64.6. The van der Waals surface area contributed by atoms with Crippen LogP contribution in [0.4, 0.5) is 0 Å². The van der Waals surface area contributed by atoms with Crippen molar-refractivity contribution in [2.45, 2.75) is 379 Å². The molecule has 0 aliphatic carbocycles. The average Bonchev–Trinajstić information content (AvgIpc) is 3.45. The SMILES string of the molecule is CCCCCC/C=C\C/C=C\CCCCCCCCCC(=O)OCCCCC/C=C\C=C/CCCCCCCCCCCCC(=O)NC(CO)C(O)/C=C/CCCCCCCCCCCCCCCCCCCCCCCCC. The van der Waals surface area contributed by atoms with E-state index in [9.17, 15) is 19.8 Å². The van der Waals surface area contributed by atoms with Gasteiger partial charge in [0.1, 0.15) is 0 Å². The molecule has 0 saturated heterocycles. The van der Waals surface area contributed by atoms with Crippen LogP contribution in [-0.2, 0) is 14.3 Å². The largest absolute Gasteiger partial charge is 0.466 e. The Labute approximate surface area is 492 Å². The molecular formula is C73H135NO5. The zero-order valence-corrected chi connectivity index (χ0v) is 52.9. The molecule has 0 aromatic heterocycles. The number of nitrogens with one attached hydrogen (secondary N) is 1. The molecule has 0 aromatic rings. The van der Waals surface area contributed by atoms with Gasteiger partial charge in [0, 0.05) is 12.8 Å². The van der Waals surface area contributed by atoms with Gasteiger partial charge in [0.2, 0.25) is 5.91 Å². The molecule has 0 aliphatic heterocycles. The van der Waals surface area contributed by atoms with Crippen LogP contribution in [0.2, 0.25) is 0 Å². The van der Waals surface area contributed by atoms with E-state index in [4.69, 9.17) is 4.74 Å². The van der Waals surface area contributed by atoms with Gasteiger partial charge in [0.25, 0.3) is 0 Å². The molecule has 0 aromatic carbocycles. The first-order valence-electron chi connectivity index (χ1n) is 35.1. The highest BCUT2D eigenvalue weighted by atomic mass is 16.5. The van der Waals surface area contributed by atoms with Crippen molar-refractivity contribution in [3.05, 3.63) is 60.8 Å². The second-order valence-electron chi connectivity index (χ2n) is 23.9. The number of esters is 1. The molecule has 6 nitrogen and oxygen atoms in total. The number of aliphatic hydroxyl groups is 2. The van der Waals surface area contributed by atoms with E-state index >= 15 is 0 Å². The first-order chi connectivity index (χ1) is 39.0. The summed E-state index contributed by atoms with van der Waals surface area (Å²) in [5, 5.41) is 23.3. The third-order valence-electron chi connectivity index (χ3n) is 16.0. The van der Waals surface area contributed by atoms with Gasteiger partial charge in [-0.1, -0.05) is 319 Å². The zero-order chi connectivity index (χ0) is 57.1. The Morgan fingerprint density at radius 3 is 1.05 bits per heavy atom. The van der Waals surface area contributed by atoms with Crippen LogP contribution in [0.1, 0.15) is 367 Å². The molecule has 6 heteroatoms. The molecule has 0 bridgehead atoms. The summed E-state index contributed by atoms with van der Waals surface area (Å²) in [7, 11) is 0. The van der Waals surface area contributed by atoms with Crippen LogP contribution in [-0.4, -0.2) is 47.4 Å². The van der Waals surface area contributed by atoms with E-state index in [1.807, 2.05) is 6.08 Å². The highest BCUT2D eigenvalue weighted by molar-refractivity contribution is 5.76. The van der Waals surface area contributed by atoms with Crippen LogP contribution in [0.5, 0.6) is 0 Å². The van der Waals surface area contributed by atoms with E-state index in [-0.39, 0.29) is 18.5 Å². The van der Waals surface area contributed by atoms with E-state index in [1.54, 1.807) is 6.08 Å². The predicted molar refractivity (Wildman–Crippen MR) is 347 cm³/mol. The molecular weight excluding hydrogens is 971 g/mol. The summed E-state index contributed by atoms with van der Waals surface area (Å²) < 4.78 is 5.47. The number of rotatable bonds is 65. The van der Waals surface area contributed by atoms with Crippen molar-refractivity contribution < 1.29 is 24.5 Å². The second kappa shape index (κ2) is 68.1. The molecule has 79 heavy (non-hydrogen) atoms. The summed E-state index contributed by atoms with van der Waals surface area (Å²) in [4.78, 5) is 24.6. The minimum Gasteiger partial charge on any atom is -0.466 e. The Morgan fingerprint density at radius 1 is 0.367 bits per heavy atom. The van der Waals surface area contributed by atoms with Crippen LogP contribution in [0, 0.1) is 0 Å². The van der Waals surface area contributed by atoms with Gasteiger partial charge in [-0.05, 0) is 96.3 Å². The number of allylic oxidation sites excluding steroid dienone is 9. The summed E-state index contributed by atoms with van der Waals surface area (Å²) in [5.41, 5.74) is 0. The van der Waals surface area contributed by atoms with Crippen molar-refractivity contribution in [1.82, 2.24) is 5.32 Å². The van der Waals surface area contributed by atoms with Gasteiger partial charge in [-0.3, -0.25) is 9.59 Å². The Morgan fingerprint density at radius 2 is 0.671 bits per heavy atom. The Kier molecular flexibility index (Phi) is 66.0. The number of hydrogen-bond donors (Lipinski definition) is 3. The topological polar surface area (TPSA) is 95.9 Å². The zero-order valence-electron chi connectivity index (χ0n) is 52.9. The maximum Gasteiger partial charge on any atom is 0.305 e. The highest BCUT2D eigenvalue weighted by Crippen LogP contribution is 2.18. The van der Waals surface area contributed by atoms with Crippen LogP contribution in [0.3, 0.4) is 0 Å². The maximum absolute atomic E-state index is 12.5. The number of ether oxygens (including phenoxy) is 1. The standard InChI is InChI=1S/C73H135NO5/c1-3-5-7-9-11-13-15-17-19-21-23-24-25-26-27-28-30-33-37-41-45-49-53-57-61-65-71(76)70(69-75)74-72(77)66-62-58-54-50-46-42-38-34-31-29-32-36-40-44-48-52-56-60-64-68-79-73(78)67-63-59-55-51-47-43-39-35-22-20-18-16-14-12-10-8-6-4-2/h14,16,20,22,36,40,44,48,61,65,70-71,75-76H,3-13,15,17-19,21,23-35,37-39,41-43,45-47,49-60,62-64,66-69H2,1-2H3,(H,74,77)/b16-14-,22-20-,40-36-,48-44-,65-61+. The number of hydrogen-bond acceptors (Lipinski definition) is 5. The molecule has 0 radical (unpaired) electrons. The Bertz CT molecular complexity index is 1370. The lowest BCUT2D eigenvalue weighted by molar-refractivity contribution is -0.143. The third-order valence-corrected chi connectivity index (χ3v) is 16.0. The summed E-state index contributed by atoms with van der Waals surface area (Å²) in [6.45, 7) is 4.87. The number of amides is 1. The molecule has 0 rings (SSSR count). The fourth-order valence-corrected chi connectivity index (χ4v) is 10.7. The molecule has 462 valence electrons. The predicted octanol–water partition coefficient (Wildman–Crippen LogP) is 22.6. The lowest BCUT2D eigenvalue weighted by Gasteiger charge is -2.20. The summed E-state index contributed by atoms with van der Waals surface area (Å²) in [6.07, 6.45) is 90.0. The van der Waals surface area contributed by atoms with Crippen molar-refractivity contribution in [3.63, 3.8) is 0 Å². The van der Waals surface area contributed by atoms with E-state index in [0.29, 0.717) is 19.4 Å². The fraction of sp³-hybridized carbons (Fsp3) is 0.836. The summed E-state index contributed by atoms with van der Waals surface area (Å²) in [5.74, 6) is -0.0966. The second-order valence-corrected chi connectivity index (χ2v) is 23.9. The highest BCUT2D eigenvalue weighted by Gasteiger charge is 2.18. The van der Waals surface area contributed by atoms with Crippen molar-refractivity contribution in [2.24, 2.45) is 0 Å². The van der Waals surface area contributed by atoms with Gasteiger partial charge in [-0.25, -0.2) is 0 Å². The normalized spacial score (nSPS) is 12.9. The average molecular weight is 1110 g/mol. The molecule has 0 fully saturated rings. The summed E-state index contributed by atoms with van der Waals surface area (Å²) >= 11 is 0. The van der Waals surface area contributed by atoms with Gasteiger partial charge in [0.05, 0.1) is 25.4 Å². The van der Waals surface area contributed by atoms with Crippen LogP contribution in [0.15, 0.2) is 60.8 Å². The van der Waals surface area contributed by atoms with Gasteiger partial charge in [-0.2, -0.15) is 0 Å². The molecule has 2 atom stereocenters. The first kappa shape index (κ1) is 76.6. The number of carbonyl (C=O) groups is 2. The number of unbranched alkanes of at least 4 members (excludes halogenated alkanes) is 47. The van der Waals surface area contributed by atoms with Gasteiger partial charge in [0.15, 0.2) is 0 Å². The van der Waals surface area contributed by atoms with Gasteiger partial charge in [-0.15, -0.1) is 0 Å². The van der Waals surface area contributed by atoms with Crippen LogP contribution >= 0.6 is 0 Å². The minimum atomic E-state index is -0.855. The molecule has 0 spiro atoms. The van der Waals surface area contributed by atoms with E-state index in [2.05, 4.69) is 67.8 Å². The minimum absolute atomic E-state index is 0.0213. The first-order valence-corrected chi connectivity index (χ1v) is 35.1. The van der Waals surface area contributed by atoms with E-state index < -0.39 is 12.1 Å². The van der Waals surface area contributed by atoms with Crippen molar-refractivity contribution in [2.75, 3.05) is 13.2 Å². The maximum atomic E-state index is 12.5. The van der Waals surface area contributed by atoms with Crippen molar-refractivity contribution in [3.8, 4) is 0 Å². The van der Waals surface area contributed by atoms with E-state index in [1.165, 1.54) is 257 Å². The van der Waals surface area contributed by atoms with E-state index in [0.717, 1.165) is 83.5 Å². The van der Waals surface area contributed by atoms with Crippen LogP contribution in [0.25, 0.3) is 0 Å². The molecule has 0 saturated carbocycles. The fourth-order valence-electron chi connectivity index (χ4n) is 10.7. The number of aliphatic hydroxyl groups excluding tert-OH is 2. The smallest absolute Gasteiger partial charge is 0.305 e. The monoisotopic (exact) mass is 1110 g/mol. The molecule has 1 amide bonds. The molecule has 0 heterocycles. The van der Waals surface area contributed by atoms with Crippen molar-refractivity contribution in [1.29, 1.82) is 0 Å². The van der Waals surface area contributed by atoms with Crippen molar-refractivity contribution >= 4 is 11.9 Å².